The molecule has 1 aliphatic heterocycles. The molecule has 7 heteroatoms. The van der Waals surface area contributed by atoms with Crippen LogP contribution in [0.25, 0.3) is 5.69 Å². The Labute approximate surface area is 204 Å². The number of nitrogens with one attached hydrogen (secondary N) is 1. The summed E-state index contributed by atoms with van der Waals surface area (Å²) in [5.41, 5.74) is 4.07. The molecule has 1 fully saturated rings. The van der Waals surface area contributed by atoms with Gasteiger partial charge < -0.3 is 24.3 Å². The highest BCUT2D eigenvalue weighted by Crippen LogP contribution is 2.42. The van der Waals surface area contributed by atoms with Gasteiger partial charge in [0.2, 0.25) is 0 Å². The molecule has 0 radical (unpaired) electrons. The number of pyridine rings is 1. The standard InChI is InChI=1S/C27H26N4O2S/c1-3-33-22-15-11-20(12-16-22)31-26(25(29-27(31)34)23-7-4-5-17-28-23)24-8-6-18-30(24)19-9-13-21(32-2)14-10-19/h4-18,25-26H,3H2,1-2H3,(H,29,34)/t25-,26-/m1/s1. The van der Waals surface area contributed by atoms with Crippen LogP contribution in [0, 0.1) is 0 Å². The molecule has 2 aromatic carbocycles. The van der Waals surface area contributed by atoms with Gasteiger partial charge in [-0.25, -0.2) is 0 Å². The van der Waals surface area contributed by atoms with Gasteiger partial charge in [-0.1, -0.05) is 6.07 Å². The number of nitrogens with zero attached hydrogens (tertiary/aromatic N) is 3. The van der Waals surface area contributed by atoms with E-state index >= 15 is 0 Å². The van der Waals surface area contributed by atoms with Crippen molar-refractivity contribution in [3.05, 3.63) is 103 Å². The molecular weight excluding hydrogens is 444 g/mol. The number of ether oxygens (including phenoxy) is 2. The normalized spacial score (nSPS) is 17.5. The van der Waals surface area contributed by atoms with E-state index in [2.05, 4.69) is 50.2 Å². The number of benzene rings is 2. The summed E-state index contributed by atoms with van der Waals surface area (Å²) in [6.07, 6.45) is 3.89. The minimum Gasteiger partial charge on any atom is -0.497 e. The number of thiocarbonyl (C=S) groups is 1. The van der Waals surface area contributed by atoms with Crippen molar-refractivity contribution in [1.82, 2.24) is 14.9 Å². The second-order valence-corrected chi connectivity index (χ2v) is 8.31. The average Bonchev–Trinajstić information content (AvgIpc) is 3.50. The van der Waals surface area contributed by atoms with Gasteiger partial charge in [-0.3, -0.25) is 4.98 Å². The van der Waals surface area contributed by atoms with Crippen LogP contribution < -0.4 is 19.7 Å². The third-order valence-electron chi connectivity index (χ3n) is 5.96. The fourth-order valence-corrected chi connectivity index (χ4v) is 4.76. The largest absolute Gasteiger partial charge is 0.497 e. The van der Waals surface area contributed by atoms with Crippen LogP contribution in [0.5, 0.6) is 11.5 Å². The van der Waals surface area contributed by atoms with Crippen molar-refractivity contribution < 1.29 is 9.47 Å². The van der Waals surface area contributed by atoms with Crippen molar-refractivity contribution in [2.45, 2.75) is 19.0 Å². The Morgan fingerprint density at radius 2 is 1.65 bits per heavy atom. The highest BCUT2D eigenvalue weighted by molar-refractivity contribution is 7.80. The molecule has 1 saturated heterocycles. The Morgan fingerprint density at radius 3 is 2.32 bits per heavy atom. The van der Waals surface area contributed by atoms with E-state index in [9.17, 15) is 0 Å². The molecule has 3 heterocycles. The maximum absolute atomic E-state index is 5.86. The second-order valence-electron chi connectivity index (χ2n) is 7.92. The fourth-order valence-electron chi connectivity index (χ4n) is 4.42. The summed E-state index contributed by atoms with van der Waals surface area (Å²) in [7, 11) is 1.67. The number of methoxy groups -OCH3 is 1. The first-order valence-electron chi connectivity index (χ1n) is 11.2. The van der Waals surface area contributed by atoms with Gasteiger partial charge in [0, 0.05) is 29.5 Å². The van der Waals surface area contributed by atoms with Crippen molar-refractivity contribution in [1.29, 1.82) is 0 Å². The highest BCUT2D eigenvalue weighted by Gasteiger charge is 2.42. The van der Waals surface area contributed by atoms with Crippen molar-refractivity contribution in [3.8, 4) is 17.2 Å². The first kappa shape index (κ1) is 22.0. The van der Waals surface area contributed by atoms with E-state index in [0.29, 0.717) is 11.7 Å². The maximum atomic E-state index is 5.86. The monoisotopic (exact) mass is 470 g/mol. The summed E-state index contributed by atoms with van der Waals surface area (Å²) in [6.45, 7) is 2.61. The van der Waals surface area contributed by atoms with Gasteiger partial charge in [-0.2, -0.15) is 0 Å². The molecule has 4 aromatic rings. The lowest BCUT2D eigenvalue weighted by atomic mass is 10.0. The minimum atomic E-state index is -0.118. The van der Waals surface area contributed by atoms with E-state index in [1.54, 1.807) is 7.11 Å². The third-order valence-corrected chi connectivity index (χ3v) is 6.27. The molecule has 0 bridgehead atoms. The fraction of sp³-hybridized carbons (Fsp3) is 0.185. The summed E-state index contributed by atoms with van der Waals surface area (Å²) in [4.78, 5) is 6.82. The van der Waals surface area contributed by atoms with Crippen LogP contribution in [-0.4, -0.2) is 28.4 Å². The molecule has 172 valence electrons. The molecule has 0 spiro atoms. The number of aromatic nitrogens is 2. The number of anilines is 1. The van der Waals surface area contributed by atoms with Crippen LogP contribution in [0.4, 0.5) is 5.69 Å². The Hall–Kier alpha value is -3.84. The smallest absolute Gasteiger partial charge is 0.174 e. The highest BCUT2D eigenvalue weighted by atomic mass is 32.1. The van der Waals surface area contributed by atoms with Gasteiger partial charge in [-0.05, 0) is 91.9 Å². The quantitative estimate of drug-likeness (QED) is 0.362. The third kappa shape index (κ3) is 4.10. The molecule has 0 unspecified atom stereocenters. The molecule has 34 heavy (non-hydrogen) atoms. The topological polar surface area (TPSA) is 51.5 Å². The van der Waals surface area contributed by atoms with Crippen LogP contribution in [0.2, 0.25) is 0 Å². The van der Waals surface area contributed by atoms with Gasteiger partial charge in [-0.15, -0.1) is 0 Å². The van der Waals surface area contributed by atoms with E-state index in [1.165, 1.54) is 0 Å². The molecule has 2 aromatic heterocycles. The number of hydrogen-bond acceptors (Lipinski definition) is 4. The van der Waals surface area contributed by atoms with Crippen LogP contribution in [0.1, 0.15) is 30.4 Å². The Bertz CT molecular complexity index is 1260. The predicted molar refractivity (Wildman–Crippen MR) is 138 cm³/mol. The zero-order chi connectivity index (χ0) is 23.5. The summed E-state index contributed by atoms with van der Waals surface area (Å²) in [5.74, 6) is 1.66. The molecule has 0 saturated carbocycles. The van der Waals surface area contributed by atoms with Crippen LogP contribution in [-0.2, 0) is 0 Å². The SMILES string of the molecule is CCOc1ccc(N2C(=S)N[C@H](c3ccccn3)[C@H]2c2cccn2-c2ccc(OC)cc2)cc1. The van der Waals surface area contributed by atoms with Crippen molar-refractivity contribution in [3.63, 3.8) is 0 Å². The zero-order valence-electron chi connectivity index (χ0n) is 19.1. The van der Waals surface area contributed by atoms with Gasteiger partial charge in [0.25, 0.3) is 0 Å². The molecule has 0 aliphatic carbocycles. The molecule has 2 atom stereocenters. The molecular formula is C27H26N4O2S. The Morgan fingerprint density at radius 1 is 0.912 bits per heavy atom. The van der Waals surface area contributed by atoms with Gasteiger partial charge in [0.05, 0.1) is 25.5 Å². The second kappa shape index (κ2) is 9.57. The molecule has 6 nitrogen and oxygen atoms in total. The van der Waals surface area contributed by atoms with E-state index in [0.717, 1.165) is 34.3 Å². The molecule has 0 amide bonds. The van der Waals surface area contributed by atoms with Gasteiger partial charge in [0.1, 0.15) is 17.5 Å². The maximum Gasteiger partial charge on any atom is 0.174 e. The molecule has 1 N–H and O–H groups in total. The van der Waals surface area contributed by atoms with Crippen molar-refractivity contribution in [2.24, 2.45) is 0 Å². The van der Waals surface area contributed by atoms with Crippen LogP contribution in [0.3, 0.4) is 0 Å². The van der Waals surface area contributed by atoms with Gasteiger partial charge >= 0.3 is 0 Å². The predicted octanol–water partition coefficient (Wildman–Crippen LogP) is 5.46. The van der Waals surface area contributed by atoms with E-state index in [1.807, 2.05) is 67.7 Å². The number of hydrogen-bond donors (Lipinski definition) is 1. The van der Waals surface area contributed by atoms with Crippen molar-refractivity contribution >= 4 is 23.0 Å². The lowest BCUT2D eigenvalue weighted by Gasteiger charge is -2.29. The van der Waals surface area contributed by atoms with E-state index < -0.39 is 0 Å². The molecule has 5 rings (SSSR count). The summed E-state index contributed by atoms with van der Waals surface area (Å²) < 4.78 is 13.2. The van der Waals surface area contributed by atoms with Crippen molar-refractivity contribution in [2.75, 3.05) is 18.6 Å². The van der Waals surface area contributed by atoms with E-state index in [-0.39, 0.29) is 12.1 Å². The zero-order valence-corrected chi connectivity index (χ0v) is 19.9. The first-order valence-corrected chi connectivity index (χ1v) is 11.7. The van der Waals surface area contributed by atoms with Crippen LogP contribution in [0.15, 0.2) is 91.3 Å². The lowest BCUT2D eigenvalue weighted by molar-refractivity contribution is 0.340. The Balaban J connectivity index is 1.60. The lowest BCUT2D eigenvalue weighted by Crippen LogP contribution is -2.30. The Kier molecular flexibility index (Phi) is 6.18. The average molecular weight is 471 g/mol. The van der Waals surface area contributed by atoms with Crippen LogP contribution >= 0.6 is 12.2 Å². The molecule has 1 aliphatic rings. The summed E-state index contributed by atoms with van der Waals surface area (Å²) in [6, 6.07) is 26.1. The van der Waals surface area contributed by atoms with Gasteiger partial charge in [0.15, 0.2) is 5.11 Å². The summed E-state index contributed by atoms with van der Waals surface area (Å²) >= 11 is 5.86. The minimum absolute atomic E-state index is 0.113. The summed E-state index contributed by atoms with van der Waals surface area (Å²) in [5, 5.41) is 4.18. The first-order chi connectivity index (χ1) is 16.7. The van der Waals surface area contributed by atoms with E-state index in [4.69, 9.17) is 21.7 Å². The number of rotatable bonds is 7.